The summed E-state index contributed by atoms with van der Waals surface area (Å²) >= 11 is 0. The molecule has 21 heavy (non-hydrogen) atoms. The first-order valence-electron chi connectivity index (χ1n) is 6.35. The van der Waals surface area contributed by atoms with Crippen molar-refractivity contribution in [1.82, 2.24) is 0 Å². The van der Waals surface area contributed by atoms with E-state index in [4.69, 9.17) is 4.74 Å². The lowest BCUT2D eigenvalue weighted by molar-refractivity contribution is -0.141. The number of rotatable bonds is 2. The summed E-state index contributed by atoms with van der Waals surface area (Å²) in [5.41, 5.74) is -2.83. The van der Waals surface area contributed by atoms with Crippen molar-refractivity contribution in [1.29, 1.82) is 0 Å². The molecule has 1 aliphatic rings. The summed E-state index contributed by atoms with van der Waals surface area (Å²) in [6.45, 7) is 2.33. The second-order valence-corrected chi connectivity index (χ2v) is 4.75. The van der Waals surface area contributed by atoms with Crippen LogP contribution in [0.5, 0.6) is 0 Å². The quantitative estimate of drug-likeness (QED) is 0.721. The highest BCUT2D eigenvalue weighted by atomic mass is 19.4. The molecule has 1 nitrogen and oxygen atoms in total. The monoisotopic (exact) mass is 314 g/mol. The first-order valence-corrected chi connectivity index (χ1v) is 6.35. The molecule has 0 aromatic heterocycles. The Bertz CT molecular complexity index is 467. The average Bonchev–Trinajstić information content (AvgIpc) is 2.35. The summed E-state index contributed by atoms with van der Waals surface area (Å²) in [5, 5.41) is 0. The van der Waals surface area contributed by atoms with E-state index in [-0.39, 0.29) is 25.5 Å². The lowest BCUT2D eigenvalue weighted by atomic mass is 9.83. The van der Waals surface area contributed by atoms with E-state index in [1.165, 1.54) is 13.8 Å². The largest absolute Gasteiger partial charge is 0.416 e. The van der Waals surface area contributed by atoms with Gasteiger partial charge in [-0.15, -0.1) is 0 Å². The van der Waals surface area contributed by atoms with Crippen molar-refractivity contribution < 1.29 is 31.1 Å². The van der Waals surface area contributed by atoms with Crippen molar-refractivity contribution in [2.75, 3.05) is 19.9 Å². The van der Waals surface area contributed by atoms with Crippen LogP contribution in [0, 0.1) is 5.82 Å². The van der Waals surface area contributed by atoms with Crippen LogP contribution in [0.15, 0.2) is 18.2 Å². The summed E-state index contributed by atoms with van der Waals surface area (Å²) in [7, 11) is 0. The van der Waals surface area contributed by atoms with E-state index < -0.39 is 29.1 Å². The molecule has 0 radical (unpaired) electrons. The van der Waals surface area contributed by atoms with E-state index in [0.717, 1.165) is 12.1 Å². The maximum atomic E-state index is 14.0. The van der Waals surface area contributed by atoms with Crippen molar-refractivity contribution in [3.05, 3.63) is 35.1 Å². The molecule has 120 valence electrons. The molecule has 1 saturated heterocycles. The molecule has 1 fully saturated rings. The Morgan fingerprint density at radius 2 is 1.81 bits per heavy atom. The third-order valence-electron chi connectivity index (χ3n) is 3.25. The van der Waals surface area contributed by atoms with E-state index in [0.29, 0.717) is 6.07 Å². The van der Waals surface area contributed by atoms with Gasteiger partial charge < -0.3 is 4.74 Å². The van der Waals surface area contributed by atoms with E-state index in [9.17, 15) is 26.3 Å². The SMILES string of the molecule is CC(c1ccc(C(F)(F)F)cc1F)C1(F)COC1.CCF. The highest BCUT2D eigenvalue weighted by molar-refractivity contribution is 5.31. The van der Waals surface area contributed by atoms with Gasteiger partial charge in [0, 0.05) is 5.92 Å². The minimum absolute atomic E-state index is 0.0613. The van der Waals surface area contributed by atoms with Gasteiger partial charge >= 0.3 is 6.18 Å². The van der Waals surface area contributed by atoms with Crippen molar-refractivity contribution in [3.63, 3.8) is 0 Å². The third kappa shape index (κ3) is 4.12. The van der Waals surface area contributed by atoms with Gasteiger partial charge in [0.15, 0.2) is 5.67 Å². The predicted octanol–water partition coefficient (Wildman–Crippen LogP) is 4.66. The number of alkyl halides is 5. The molecule has 0 N–H and O–H groups in total. The summed E-state index contributed by atoms with van der Waals surface area (Å²) in [6.07, 6.45) is -4.60. The van der Waals surface area contributed by atoms with Crippen molar-refractivity contribution in [2.24, 2.45) is 0 Å². The van der Waals surface area contributed by atoms with Crippen LogP contribution >= 0.6 is 0 Å². The summed E-state index contributed by atoms with van der Waals surface area (Å²) in [4.78, 5) is 0. The smallest absolute Gasteiger partial charge is 0.375 e. The molecule has 2 rings (SSSR count). The van der Waals surface area contributed by atoms with Gasteiger partial charge in [-0.1, -0.05) is 13.0 Å². The predicted molar refractivity (Wildman–Crippen MR) is 66.1 cm³/mol. The Balaban J connectivity index is 0.000000677. The zero-order valence-electron chi connectivity index (χ0n) is 11.6. The molecule has 7 heteroatoms. The molecule has 0 spiro atoms. The van der Waals surface area contributed by atoms with Gasteiger partial charge in [0.2, 0.25) is 0 Å². The van der Waals surface area contributed by atoms with Gasteiger partial charge in [0.25, 0.3) is 0 Å². The highest BCUT2D eigenvalue weighted by Crippen LogP contribution is 2.39. The van der Waals surface area contributed by atoms with Crippen LogP contribution in [0.25, 0.3) is 0 Å². The normalized spacial score (nSPS) is 18.3. The molecule has 1 unspecified atom stereocenters. The van der Waals surface area contributed by atoms with Gasteiger partial charge in [0.05, 0.1) is 25.5 Å². The third-order valence-corrected chi connectivity index (χ3v) is 3.25. The zero-order valence-corrected chi connectivity index (χ0v) is 11.6. The molecule has 1 aromatic carbocycles. The molecule has 0 amide bonds. The lowest BCUT2D eigenvalue weighted by Crippen LogP contribution is -2.49. The van der Waals surface area contributed by atoms with Gasteiger partial charge in [-0.3, -0.25) is 4.39 Å². The van der Waals surface area contributed by atoms with E-state index in [1.807, 2.05) is 0 Å². The van der Waals surface area contributed by atoms with Crippen molar-refractivity contribution >= 4 is 0 Å². The van der Waals surface area contributed by atoms with Crippen LogP contribution in [0.3, 0.4) is 0 Å². The molecule has 1 heterocycles. The van der Waals surface area contributed by atoms with E-state index in [2.05, 4.69) is 0 Å². The van der Waals surface area contributed by atoms with E-state index in [1.54, 1.807) is 0 Å². The average molecular weight is 314 g/mol. The molecule has 1 atom stereocenters. The molecule has 1 aliphatic heterocycles. The van der Waals surface area contributed by atoms with Gasteiger partial charge in [-0.2, -0.15) is 13.2 Å². The topological polar surface area (TPSA) is 9.23 Å². The standard InChI is InChI=1S/C12H11F5O.C2H5F/c1-7(11(14)5-18-6-11)9-3-2-8(4-10(9)13)12(15,16)17;1-2-3/h2-4,7H,5-6H2,1H3;2H2,1H3. The summed E-state index contributed by atoms with van der Waals surface area (Å²) in [6, 6.07) is 2.15. The van der Waals surface area contributed by atoms with Crippen LogP contribution < -0.4 is 0 Å². The summed E-state index contributed by atoms with van der Waals surface area (Å²) < 4.78 is 79.7. The number of hydrogen-bond donors (Lipinski definition) is 0. The molecular formula is C14H16F6O. The number of ether oxygens (including phenoxy) is 1. The molecule has 0 bridgehead atoms. The van der Waals surface area contributed by atoms with Crippen LogP contribution in [0.1, 0.15) is 30.9 Å². The molecule has 0 saturated carbocycles. The number of benzene rings is 1. The first-order chi connectivity index (χ1) is 9.65. The fourth-order valence-electron chi connectivity index (χ4n) is 1.88. The van der Waals surface area contributed by atoms with Crippen molar-refractivity contribution in [2.45, 2.75) is 31.6 Å². The fraction of sp³-hybridized carbons (Fsp3) is 0.571. The van der Waals surface area contributed by atoms with Crippen LogP contribution in [0.4, 0.5) is 26.3 Å². The van der Waals surface area contributed by atoms with Crippen LogP contribution in [-0.2, 0) is 10.9 Å². The Kier molecular flexibility index (Phi) is 5.67. The number of hydrogen-bond acceptors (Lipinski definition) is 1. The molecular weight excluding hydrogens is 298 g/mol. The van der Waals surface area contributed by atoms with Crippen LogP contribution in [-0.4, -0.2) is 25.6 Å². The Morgan fingerprint density at radius 1 is 1.29 bits per heavy atom. The minimum Gasteiger partial charge on any atom is -0.375 e. The highest BCUT2D eigenvalue weighted by Gasteiger charge is 2.45. The summed E-state index contributed by atoms with van der Waals surface area (Å²) in [5.74, 6) is -1.88. The van der Waals surface area contributed by atoms with Gasteiger partial charge in [-0.05, 0) is 24.6 Å². The second kappa shape index (κ2) is 6.68. The zero-order chi connectivity index (χ0) is 16.3. The Morgan fingerprint density at radius 3 is 2.14 bits per heavy atom. The van der Waals surface area contributed by atoms with Crippen molar-refractivity contribution in [3.8, 4) is 0 Å². The van der Waals surface area contributed by atoms with Crippen LogP contribution in [0.2, 0.25) is 0 Å². The fourth-order valence-corrected chi connectivity index (χ4v) is 1.88. The lowest BCUT2D eigenvalue weighted by Gasteiger charge is -2.39. The Hall–Kier alpha value is -1.24. The maximum Gasteiger partial charge on any atom is 0.416 e. The minimum atomic E-state index is -4.60. The first kappa shape index (κ1) is 17.8. The molecule has 1 aromatic rings. The Labute approximate surface area is 118 Å². The van der Waals surface area contributed by atoms with Gasteiger partial charge in [-0.25, -0.2) is 8.78 Å². The number of halogens is 6. The van der Waals surface area contributed by atoms with Gasteiger partial charge in [0.1, 0.15) is 5.82 Å². The maximum absolute atomic E-state index is 14.0. The van der Waals surface area contributed by atoms with E-state index >= 15 is 0 Å². The molecule has 0 aliphatic carbocycles. The second-order valence-electron chi connectivity index (χ2n) is 4.75.